The standard InChI is InChI=1S/C18H24N2O3/c1-11-14(16(21)23-12(2)18(3,4)5)15(20-17(22)19-11)13-9-7-6-8-10-13/h6-10,12,15H,1-5H3,(H2,19,20,22)/t12-,15+/m1/s1. The zero-order chi connectivity index (χ0) is 17.2. The molecule has 0 radical (unpaired) electrons. The summed E-state index contributed by atoms with van der Waals surface area (Å²) < 4.78 is 5.62. The lowest BCUT2D eigenvalue weighted by atomic mass is 9.90. The van der Waals surface area contributed by atoms with Crippen LogP contribution in [0, 0.1) is 5.41 Å². The number of esters is 1. The monoisotopic (exact) mass is 316 g/mol. The molecule has 0 unspecified atom stereocenters. The van der Waals surface area contributed by atoms with Gasteiger partial charge in [0.05, 0.1) is 11.6 Å². The molecular formula is C18H24N2O3. The molecule has 124 valence electrons. The first-order valence-electron chi connectivity index (χ1n) is 7.74. The fourth-order valence-corrected chi connectivity index (χ4v) is 2.26. The molecule has 0 fully saturated rings. The Kier molecular flexibility index (Phi) is 4.78. The first-order valence-corrected chi connectivity index (χ1v) is 7.74. The van der Waals surface area contributed by atoms with E-state index in [0.29, 0.717) is 11.3 Å². The van der Waals surface area contributed by atoms with Gasteiger partial charge >= 0.3 is 12.0 Å². The molecule has 1 aliphatic rings. The Hall–Kier alpha value is -2.30. The molecule has 2 rings (SSSR count). The van der Waals surface area contributed by atoms with Crippen LogP contribution in [0.15, 0.2) is 41.6 Å². The second kappa shape index (κ2) is 6.44. The van der Waals surface area contributed by atoms with Crippen LogP contribution >= 0.6 is 0 Å². The molecule has 1 aliphatic heterocycles. The molecule has 0 aromatic heterocycles. The topological polar surface area (TPSA) is 67.4 Å². The normalized spacial score (nSPS) is 19.7. The van der Waals surface area contributed by atoms with Gasteiger partial charge in [0, 0.05) is 5.70 Å². The minimum Gasteiger partial charge on any atom is -0.459 e. The zero-order valence-electron chi connectivity index (χ0n) is 14.3. The summed E-state index contributed by atoms with van der Waals surface area (Å²) in [6, 6.07) is 8.57. The van der Waals surface area contributed by atoms with E-state index in [2.05, 4.69) is 10.6 Å². The summed E-state index contributed by atoms with van der Waals surface area (Å²) in [7, 11) is 0. The summed E-state index contributed by atoms with van der Waals surface area (Å²) >= 11 is 0. The first-order chi connectivity index (χ1) is 10.7. The number of carbonyl (C=O) groups is 2. The zero-order valence-corrected chi connectivity index (χ0v) is 14.3. The van der Waals surface area contributed by atoms with Crippen molar-refractivity contribution in [2.24, 2.45) is 5.41 Å². The maximum absolute atomic E-state index is 12.7. The van der Waals surface area contributed by atoms with Crippen molar-refractivity contribution in [1.82, 2.24) is 10.6 Å². The van der Waals surface area contributed by atoms with E-state index in [1.54, 1.807) is 6.92 Å². The lowest BCUT2D eigenvalue weighted by Crippen LogP contribution is -2.46. The van der Waals surface area contributed by atoms with Crippen molar-refractivity contribution in [1.29, 1.82) is 0 Å². The van der Waals surface area contributed by atoms with Crippen LogP contribution in [0.1, 0.15) is 46.2 Å². The van der Waals surface area contributed by atoms with E-state index in [-0.39, 0.29) is 17.6 Å². The number of amides is 2. The van der Waals surface area contributed by atoms with Crippen molar-refractivity contribution in [3.8, 4) is 0 Å². The first kappa shape index (κ1) is 17.1. The number of allylic oxidation sites excluding steroid dienone is 1. The van der Waals surface area contributed by atoms with Gasteiger partial charge in [-0.15, -0.1) is 0 Å². The van der Waals surface area contributed by atoms with Crippen molar-refractivity contribution >= 4 is 12.0 Å². The molecule has 0 saturated carbocycles. The molecule has 2 amide bonds. The van der Waals surface area contributed by atoms with Crippen molar-refractivity contribution in [3.63, 3.8) is 0 Å². The van der Waals surface area contributed by atoms with Crippen LogP contribution < -0.4 is 10.6 Å². The van der Waals surface area contributed by atoms with E-state index < -0.39 is 12.0 Å². The summed E-state index contributed by atoms with van der Waals surface area (Å²) in [5.41, 5.74) is 1.65. The molecule has 0 bridgehead atoms. The number of benzene rings is 1. The predicted octanol–water partition coefficient (Wildman–Crippen LogP) is 3.29. The third kappa shape index (κ3) is 3.92. The summed E-state index contributed by atoms with van der Waals surface area (Å²) in [5, 5.41) is 5.45. The number of ether oxygens (including phenoxy) is 1. The average Bonchev–Trinajstić information content (AvgIpc) is 2.46. The largest absolute Gasteiger partial charge is 0.459 e. The lowest BCUT2D eigenvalue weighted by Gasteiger charge is -2.31. The summed E-state index contributed by atoms with van der Waals surface area (Å²) in [5.74, 6) is -0.411. The van der Waals surface area contributed by atoms with Crippen molar-refractivity contribution in [2.75, 3.05) is 0 Å². The van der Waals surface area contributed by atoms with E-state index in [4.69, 9.17) is 4.74 Å². The van der Waals surface area contributed by atoms with Crippen molar-refractivity contribution in [3.05, 3.63) is 47.2 Å². The lowest BCUT2D eigenvalue weighted by molar-refractivity contribution is -0.149. The number of nitrogens with one attached hydrogen (secondary N) is 2. The van der Waals surface area contributed by atoms with Gasteiger partial charge in [0.25, 0.3) is 0 Å². The van der Waals surface area contributed by atoms with Gasteiger partial charge in [-0.2, -0.15) is 0 Å². The molecule has 0 spiro atoms. The summed E-state index contributed by atoms with van der Waals surface area (Å²) in [6.07, 6.45) is -0.246. The molecule has 2 N–H and O–H groups in total. The minimum absolute atomic E-state index is 0.155. The molecular weight excluding hydrogens is 292 g/mol. The Labute approximate surface area is 137 Å². The Balaban J connectivity index is 2.33. The maximum atomic E-state index is 12.7. The Morgan fingerprint density at radius 2 is 1.83 bits per heavy atom. The molecule has 1 aromatic rings. The predicted molar refractivity (Wildman–Crippen MR) is 88.6 cm³/mol. The van der Waals surface area contributed by atoms with E-state index in [1.807, 2.05) is 58.0 Å². The molecule has 5 nitrogen and oxygen atoms in total. The van der Waals surface area contributed by atoms with Gasteiger partial charge in [-0.3, -0.25) is 0 Å². The smallest absolute Gasteiger partial charge is 0.338 e. The van der Waals surface area contributed by atoms with E-state index >= 15 is 0 Å². The van der Waals surface area contributed by atoms with Gasteiger partial charge in [0.2, 0.25) is 0 Å². The number of urea groups is 1. The number of rotatable bonds is 3. The van der Waals surface area contributed by atoms with Gasteiger partial charge in [0.1, 0.15) is 6.10 Å². The van der Waals surface area contributed by atoms with Crippen LogP contribution in [0.4, 0.5) is 4.79 Å². The van der Waals surface area contributed by atoms with Gasteiger partial charge in [-0.1, -0.05) is 51.1 Å². The fraction of sp³-hybridized carbons (Fsp3) is 0.444. The van der Waals surface area contributed by atoms with Crippen LogP contribution in [0.25, 0.3) is 0 Å². The van der Waals surface area contributed by atoms with E-state index in [9.17, 15) is 9.59 Å². The quantitative estimate of drug-likeness (QED) is 0.841. The highest BCUT2D eigenvalue weighted by molar-refractivity contribution is 5.95. The van der Waals surface area contributed by atoms with Gasteiger partial charge in [0.15, 0.2) is 0 Å². The SMILES string of the molecule is CC1=C(C(=O)O[C@H](C)C(C)(C)C)[C@H](c2ccccc2)NC(=O)N1. The van der Waals surface area contributed by atoms with Crippen molar-refractivity contribution < 1.29 is 14.3 Å². The van der Waals surface area contributed by atoms with Crippen LogP contribution in [-0.2, 0) is 9.53 Å². The van der Waals surface area contributed by atoms with Crippen LogP contribution in [0.2, 0.25) is 0 Å². The Morgan fingerprint density at radius 1 is 1.22 bits per heavy atom. The fourth-order valence-electron chi connectivity index (χ4n) is 2.26. The molecule has 0 saturated heterocycles. The van der Waals surface area contributed by atoms with Crippen LogP contribution in [0.3, 0.4) is 0 Å². The number of hydrogen-bond acceptors (Lipinski definition) is 3. The molecule has 0 aliphatic carbocycles. The van der Waals surface area contributed by atoms with Gasteiger partial charge in [-0.25, -0.2) is 9.59 Å². The second-order valence-electron chi connectivity index (χ2n) is 6.89. The molecule has 1 heterocycles. The summed E-state index contributed by atoms with van der Waals surface area (Å²) in [4.78, 5) is 24.5. The number of hydrogen-bond donors (Lipinski definition) is 2. The van der Waals surface area contributed by atoms with E-state index in [0.717, 1.165) is 5.56 Å². The Bertz CT molecular complexity index is 629. The average molecular weight is 316 g/mol. The van der Waals surface area contributed by atoms with Crippen LogP contribution in [0.5, 0.6) is 0 Å². The highest BCUT2D eigenvalue weighted by Crippen LogP contribution is 2.29. The molecule has 1 aromatic carbocycles. The minimum atomic E-state index is -0.510. The van der Waals surface area contributed by atoms with Gasteiger partial charge < -0.3 is 15.4 Å². The highest BCUT2D eigenvalue weighted by Gasteiger charge is 2.34. The number of carbonyl (C=O) groups excluding carboxylic acids is 2. The third-order valence-corrected chi connectivity index (χ3v) is 4.13. The molecule has 2 atom stereocenters. The Morgan fingerprint density at radius 3 is 2.39 bits per heavy atom. The highest BCUT2D eigenvalue weighted by atomic mass is 16.5. The van der Waals surface area contributed by atoms with Crippen LogP contribution in [-0.4, -0.2) is 18.1 Å². The van der Waals surface area contributed by atoms with E-state index in [1.165, 1.54) is 0 Å². The van der Waals surface area contributed by atoms with Crippen molar-refractivity contribution in [2.45, 2.75) is 46.8 Å². The molecule has 5 heteroatoms. The second-order valence-corrected chi connectivity index (χ2v) is 6.89. The summed E-state index contributed by atoms with van der Waals surface area (Å²) in [6.45, 7) is 9.64. The third-order valence-electron chi connectivity index (χ3n) is 4.13. The molecule has 23 heavy (non-hydrogen) atoms. The van der Waals surface area contributed by atoms with Gasteiger partial charge in [-0.05, 0) is 24.8 Å². The maximum Gasteiger partial charge on any atom is 0.338 e.